The first-order valence-electron chi connectivity index (χ1n) is 47.1. The van der Waals surface area contributed by atoms with Gasteiger partial charge in [-0.15, -0.1) is 87.4 Å². The third-order valence-electron chi connectivity index (χ3n) is 33.2. The minimum absolute atomic E-state index is 0.168. The molecule has 8 fully saturated rings. The largest absolute Gasteiger partial charge is 0.457 e. The highest BCUT2D eigenvalue weighted by Gasteiger charge is 2.65. The molecule has 8 saturated heterocycles. The van der Waals surface area contributed by atoms with Crippen molar-refractivity contribution in [2.45, 2.75) is 139 Å². The van der Waals surface area contributed by atoms with Gasteiger partial charge in [0.25, 0.3) is 0 Å². The van der Waals surface area contributed by atoms with Crippen LogP contribution in [0.1, 0.15) is 44.5 Å². The number of fused-ring (bicyclic) bond motifs is 20. The van der Waals surface area contributed by atoms with E-state index in [2.05, 4.69) is 34.2 Å². The average Bonchev–Trinajstić information content (AvgIpc) is 1.57. The van der Waals surface area contributed by atoms with Gasteiger partial charge in [0.05, 0.1) is 132 Å². The van der Waals surface area contributed by atoms with E-state index in [9.17, 15) is 0 Å². The minimum Gasteiger partial charge on any atom is -0.457 e. The Labute approximate surface area is 869 Å². The number of nitrogens with zero attached hydrogens (tertiary/aromatic N) is 6. The lowest BCUT2D eigenvalue weighted by atomic mass is 8.78. The topological polar surface area (TPSA) is 146 Å². The van der Waals surface area contributed by atoms with Gasteiger partial charge in [0.2, 0.25) is 0 Å². The van der Waals surface area contributed by atoms with Crippen LogP contribution in [0.25, 0.3) is 89.7 Å². The zero-order chi connectivity index (χ0) is 98.1. The lowest BCUT2D eigenvalue weighted by Gasteiger charge is -2.22. The summed E-state index contributed by atoms with van der Waals surface area (Å²) >= 11 is 0. The van der Waals surface area contributed by atoms with E-state index in [1.807, 2.05) is 121 Å². The molecular weight excluding hydrogens is 1640 g/mol. The predicted octanol–water partition coefficient (Wildman–Crippen LogP) is 0.575. The molecule has 578 valence electrons. The van der Waals surface area contributed by atoms with Gasteiger partial charge in [-0.05, 0) is 169 Å². The zero-order valence-electron chi connectivity index (χ0n) is 77.2. The molecule has 0 spiro atoms. The van der Waals surface area contributed by atoms with Crippen LogP contribution < -0.4 is 18.9 Å². The lowest BCUT2D eigenvalue weighted by Crippen LogP contribution is -2.17. The SMILES string of the molecule is [B][10B]C1[10B]([B])C1([10B][B])Cc1cc(CC2([10B][B])[10B]([B])C2[10B][B])cc(Oc2cccc3c2-c2nc-3nc3[nH]c(nc4nc(nc5[nH]c(n2)c2cccc(Oc6cc(CC7([10B][B])[10B]([B])C7[10B][B])cc(CC7([10B][B])[10B]([B])C7[10B][B])c6)c52)-c2cccc(Oc5cc(CC6([10B][B])[10B]([B])C6[10B][B])cc(CC6([10B][B])[10B]([B])C6[10B][B])c5)c2-4)c2cccc(Oc4cc(CC5([10B][B])[10B]([B])C5[10B][B])cc(CC5([10B][B])[10B]([B])C5[10B][B])c4)c32)c1. The summed E-state index contributed by atoms with van der Waals surface area (Å²) < 4.78 is 29.6. The van der Waals surface area contributed by atoms with Gasteiger partial charge in [0.15, 0.2) is 23.3 Å². The first-order chi connectivity index (χ1) is 67.6. The molecule has 0 amide bonds. The second-order valence-electron chi connectivity index (χ2n) is 40.3. The van der Waals surface area contributed by atoms with Gasteiger partial charge < -0.3 is 28.9 Å². The van der Waals surface area contributed by atoms with Crippen molar-refractivity contribution in [3.05, 3.63) is 190 Å². The number of H-pyrrole nitrogens is 2. The van der Waals surface area contributed by atoms with Crippen LogP contribution in [-0.2, 0) is 51.4 Å². The van der Waals surface area contributed by atoms with Gasteiger partial charge in [0.1, 0.15) is 68.6 Å². The van der Waals surface area contributed by atoms with E-state index in [0.717, 1.165) is 44.5 Å². The van der Waals surface area contributed by atoms with Crippen molar-refractivity contribution in [1.82, 2.24) is 39.9 Å². The molecule has 8 aromatic carbocycles. The molecule has 0 aliphatic carbocycles. The quantitative estimate of drug-likeness (QED) is 0.0524. The van der Waals surface area contributed by atoms with Gasteiger partial charge in [-0.1, -0.05) is 72.8 Å². The van der Waals surface area contributed by atoms with Crippen LogP contribution in [0, 0.1) is 0 Å². The fourth-order valence-electron chi connectivity index (χ4n) is 24.2. The van der Waals surface area contributed by atoms with E-state index in [1.165, 1.54) is 0 Å². The maximum absolute atomic E-state index is 7.40. The highest BCUT2D eigenvalue weighted by atomic mass is 16.5. The molecule has 0 saturated carbocycles. The average molecular weight is 1690 g/mol. The van der Waals surface area contributed by atoms with Crippen molar-refractivity contribution in [3.63, 3.8) is 0 Å². The number of ether oxygens (including phenoxy) is 4. The molecule has 10 aliphatic rings. The van der Waals surface area contributed by atoms with Crippen molar-refractivity contribution in [2.75, 3.05) is 0 Å². The zero-order valence-corrected chi connectivity index (χ0v) is 77.2. The van der Waals surface area contributed by atoms with Crippen molar-refractivity contribution in [1.29, 1.82) is 0 Å². The Morgan fingerprint density at radius 3 is 0.650 bits per heavy atom. The molecule has 16 unspecified atom stereocenters. The third kappa shape index (κ3) is 16.4. The Morgan fingerprint density at radius 2 is 0.443 bits per heavy atom. The Balaban J connectivity index is 0.797. The van der Waals surface area contributed by atoms with Crippen LogP contribution in [0.4, 0.5) is 0 Å². The Hall–Kier alpha value is -6.56. The minimum atomic E-state index is -0.669. The molecule has 10 aliphatic heterocycles. The van der Waals surface area contributed by atoms with Crippen molar-refractivity contribution in [2.24, 2.45) is 0 Å². The predicted molar refractivity (Wildman–Crippen MR) is 619 cm³/mol. The van der Waals surface area contributed by atoms with E-state index in [1.54, 1.807) is 115 Å². The number of hydrogen-bond donors (Lipinski definition) is 2. The molecule has 8 bridgehead atoms. The van der Waals surface area contributed by atoms with Gasteiger partial charge in [-0.25, -0.2) is 29.9 Å². The second-order valence-corrected chi connectivity index (χ2v) is 40.3. The van der Waals surface area contributed by atoms with E-state index in [0.29, 0.717) is 141 Å². The monoisotopic (exact) mass is 1690 g/mol. The highest BCUT2D eigenvalue weighted by Crippen LogP contribution is 2.69. The van der Waals surface area contributed by atoms with Gasteiger partial charge in [-0.3, -0.25) is 0 Å². The molecule has 21 rings (SSSR count). The Bertz CT molecular complexity index is 6320. The van der Waals surface area contributed by atoms with Crippen LogP contribution in [0.5, 0.6) is 46.0 Å². The van der Waals surface area contributed by atoms with Gasteiger partial charge in [0, 0.05) is 265 Å². The van der Waals surface area contributed by atoms with Crippen molar-refractivity contribution >= 4 is 397 Å². The van der Waals surface area contributed by atoms with Crippen molar-refractivity contribution in [3.8, 4) is 91.5 Å². The van der Waals surface area contributed by atoms with Gasteiger partial charge in [-0.2, -0.15) is 0 Å². The molecule has 64 radical (unpaired) electrons. The fraction of sp³-hybridized carbons (Fsp3) is 0.300. The second kappa shape index (κ2) is 38.0. The summed E-state index contributed by atoms with van der Waals surface area (Å²) in [7, 11) is 183. The summed E-state index contributed by atoms with van der Waals surface area (Å²) in [5.41, 5.74) is 8.18. The molecule has 12 nitrogen and oxygen atoms in total. The van der Waals surface area contributed by atoms with E-state index < -0.39 is 41.7 Å². The maximum Gasteiger partial charge on any atom is 0.168 e. The lowest BCUT2D eigenvalue weighted by molar-refractivity contribution is 0.482. The summed E-state index contributed by atoms with van der Waals surface area (Å²) in [6, 6.07) is 46.7. The highest BCUT2D eigenvalue weighted by molar-refractivity contribution is 7.34. The van der Waals surface area contributed by atoms with E-state index >= 15 is 0 Å². The smallest absolute Gasteiger partial charge is 0.168 e. The number of rotatable bonds is 40. The summed E-state index contributed by atoms with van der Waals surface area (Å²) in [6.45, 7) is -2.82. The van der Waals surface area contributed by atoms with Crippen LogP contribution in [0.3, 0.4) is 0 Å². The summed E-state index contributed by atoms with van der Waals surface area (Å²) in [6.07, 6.45) is 3.25. The number of hydrogen-bond acceptors (Lipinski definition) is 10. The molecule has 60 heteroatoms. The number of aromatic nitrogens is 8. The van der Waals surface area contributed by atoms with Crippen LogP contribution in [0.2, 0.25) is 87.4 Å². The first kappa shape index (κ1) is 99.4. The normalized spacial score (nSPS) is 27.3. The standard InChI is InChI=1S/C80H50B48N8O4/c81-105-65-73(113-89,121(65)97)25-33-13-34(26-74(114-90)66(106-82)122(74)98)18-41(17-33)137-49-9-1-5-45-53(49)61-129-57(45)133-62-54-46(6-2-10-50(54)138-42-19-35(27-75(115-91)67(107-83)123(75)99)14-36(20-42)28-76(116-92)68(108-84)124(76)100)59(130-62)135-64-56-48(8-4-12-52(56)140-44-23-39(31-79(119-95)71(111-87)127(79)103)16-40(24-44)32-80(120-96)72(112-88)128(80)104)60(132-64)136-63-55-47(58(131-63)134-61)7-3-11-51(55)139-43-21-37(29-77(117-93)69(109-85)125(77)101)15-38(22-43)30-78(118-94)70(110-86)126(78)102/h1-24,65-72H,25-32H2,(H2,129,130,131,132,133,134,135,136)/i105-1,106-1,107-1,108-1,109-1,110-1,111-1,112-1,113-1,114-1,115-1,116-1,117-1,118-1,119-1,120-1,121-1,122-1,123-1,124-1,125-1,126-1,127-1,128-1. The molecular formula is C80H50B48N8O4. The van der Waals surface area contributed by atoms with Gasteiger partial charge >= 0.3 is 0 Å². The Morgan fingerprint density at radius 1 is 0.243 bits per heavy atom. The maximum atomic E-state index is 7.40. The molecule has 2 N–H and O–H groups in total. The summed E-state index contributed by atoms with van der Waals surface area (Å²) in [5.74, 6) is 3.88. The first-order valence-corrected chi connectivity index (χ1v) is 47.1. The number of nitrogens with one attached hydrogen (secondary N) is 2. The van der Waals surface area contributed by atoms with Crippen molar-refractivity contribution < 1.29 is 18.9 Å². The van der Waals surface area contributed by atoms with Crippen LogP contribution in [0.15, 0.2) is 146 Å². The summed E-state index contributed by atoms with van der Waals surface area (Å²) in [5, 5.41) is -3.32. The summed E-state index contributed by atoms with van der Waals surface area (Å²) in [4.78, 5) is 41.2. The third-order valence-corrected chi connectivity index (χ3v) is 33.2. The molecule has 16 atom stereocenters. The number of benzene rings is 8. The van der Waals surface area contributed by atoms with E-state index in [-0.39, 0.29) is 144 Å². The molecule has 3 aromatic heterocycles. The number of aromatic amines is 2. The van der Waals surface area contributed by atoms with Crippen LogP contribution in [-0.4, -0.2) is 393 Å². The Kier molecular flexibility index (Phi) is 27.0. The fourth-order valence-corrected chi connectivity index (χ4v) is 24.2. The molecule has 11 aromatic rings. The van der Waals surface area contributed by atoms with Crippen LogP contribution >= 0.6 is 0 Å². The molecule has 140 heavy (non-hydrogen) atoms. The molecule has 13 heterocycles. The van der Waals surface area contributed by atoms with E-state index in [4.69, 9.17) is 235 Å².